The Balaban J connectivity index is 2.73. The summed E-state index contributed by atoms with van der Waals surface area (Å²) in [5, 5.41) is 12.3. The summed E-state index contributed by atoms with van der Waals surface area (Å²) in [6.07, 6.45) is 3.19. The van der Waals surface area contributed by atoms with E-state index in [1.165, 1.54) is 0 Å². The van der Waals surface area contributed by atoms with Gasteiger partial charge >= 0.3 is 5.97 Å². The lowest BCUT2D eigenvalue weighted by atomic mass is 9.71. The molecule has 0 spiro atoms. The van der Waals surface area contributed by atoms with Crippen LogP contribution in [0.3, 0.4) is 0 Å². The number of carboxylic acid groups (broad SMARTS) is 1. The maximum atomic E-state index is 12.8. The van der Waals surface area contributed by atoms with Crippen LogP contribution in [0.15, 0.2) is 0 Å². The third-order valence-electron chi connectivity index (χ3n) is 5.59. The SMILES string of the molecule is CCC(=O)C(C)(C)CC(C)(C)C(=O)NC(CC1CCN(C)CC1)C(=O)O. The molecule has 0 aromatic heterocycles. The second kappa shape index (κ2) is 8.98. The maximum Gasteiger partial charge on any atom is 0.326 e. The Morgan fingerprint density at radius 1 is 1.12 bits per heavy atom. The number of rotatable bonds is 9. The Hall–Kier alpha value is -1.43. The molecule has 6 heteroatoms. The molecule has 150 valence electrons. The average molecular weight is 369 g/mol. The van der Waals surface area contributed by atoms with E-state index in [2.05, 4.69) is 17.3 Å². The van der Waals surface area contributed by atoms with Crippen molar-refractivity contribution in [2.24, 2.45) is 16.7 Å². The first-order valence-corrected chi connectivity index (χ1v) is 9.64. The number of amides is 1. The minimum absolute atomic E-state index is 0.111. The quantitative estimate of drug-likeness (QED) is 0.653. The topological polar surface area (TPSA) is 86.7 Å². The third-order valence-corrected chi connectivity index (χ3v) is 5.59. The lowest BCUT2D eigenvalue weighted by Crippen LogP contribution is -2.49. The van der Waals surface area contributed by atoms with E-state index in [1.807, 2.05) is 20.8 Å². The number of nitrogens with one attached hydrogen (secondary N) is 1. The number of hydrogen-bond acceptors (Lipinski definition) is 4. The molecular weight excluding hydrogens is 332 g/mol. The summed E-state index contributed by atoms with van der Waals surface area (Å²) in [6.45, 7) is 11.0. The van der Waals surface area contributed by atoms with Gasteiger partial charge in [0.25, 0.3) is 0 Å². The lowest BCUT2D eigenvalue weighted by Gasteiger charge is -2.34. The zero-order valence-corrected chi connectivity index (χ0v) is 17.2. The highest BCUT2D eigenvalue weighted by Gasteiger charge is 2.39. The van der Waals surface area contributed by atoms with E-state index < -0.39 is 22.8 Å². The van der Waals surface area contributed by atoms with Crippen molar-refractivity contribution in [3.8, 4) is 0 Å². The number of aliphatic carboxylic acids is 1. The summed E-state index contributed by atoms with van der Waals surface area (Å²) in [5.74, 6) is -0.861. The van der Waals surface area contributed by atoms with Crippen LogP contribution in [0.25, 0.3) is 0 Å². The molecule has 26 heavy (non-hydrogen) atoms. The molecule has 0 aromatic carbocycles. The zero-order chi connectivity index (χ0) is 20.1. The number of piperidine rings is 1. The van der Waals surface area contributed by atoms with Gasteiger partial charge < -0.3 is 15.3 Å². The fourth-order valence-corrected chi connectivity index (χ4v) is 3.97. The molecule has 0 bridgehead atoms. The molecule has 1 unspecified atom stereocenters. The van der Waals surface area contributed by atoms with Crippen molar-refractivity contribution in [3.63, 3.8) is 0 Å². The van der Waals surface area contributed by atoms with E-state index in [0.29, 0.717) is 25.2 Å². The molecule has 1 aliphatic heterocycles. The molecule has 0 aromatic rings. The molecule has 6 nitrogen and oxygen atoms in total. The number of hydrogen-bond donors (Lipinski definition) is 2. The second-order valence-electron chi connectivity index (χ2n) is 9.07. The lowest BCUT2D eigenvalue weighted by molar-refractivity contribution is -0.145. The number of likely N-dealkylation sites (tertiary alicyclic amines) is 1. The van der Waals surface area contributed by atoms with Crippen molar-refractivity contribution in [2.45, 2.75) is 72.8 Å². The van der Waals surface area contributed by atoms with Crippen LogP contribution in [-0.4, -0.2) is 53.8 Å². The van der Waals surface area contributed by atoms with Crippen LogP contribution in [0.5, 0.6) is 0 Å². The highest BCUT2D eigenvalue weighted by atomic mass is 16.4. The third kappa shape index (κ3) is 6.38. The number of carbonyl (C=O) groups excluding carboxylic acids is 2. The highest BCUT2D eigenvalue weighted by Crippen LogP contribution is 2.35. The average Bonchev–Trinajstić information content (AvgIpc) is 2.54. The summed E-state index contributed by atoms with van der Waals surface area (Å²) in [4.78, 5) is 38.8. The van der Waals surface area contributed by atoms with Crippen molar-refractivity contribution >= 4 is 17.7 Å². The summed E-state index contributed by atoms with van der Waals surface area (Å²) in [6, 6.07) is -0.875. The predicted octanol–water partition coefficient (Wildman–Crippen LogP) is 2.71. The first-order valence-electron chi connectivity index (χ1n) is 9.64. The number of carbonyl (C=O) groups is 3. The Kier molecular flexibility index (Phi) is 7.81. The second-order valence-corrected chi connectivity index (χ2v) is 9.07. The number of carboxylic acids is 1. The van der Waals surface area contributed by atoms with Gasteiger partial charge in [0.05, 0.1) is 0 Å². The van der Waals surface area contributed by atoms with E-state index in [9.17, 15) is 19.5 Å². The molecule has 1 atom stereocenters. The van der Waals surface area contributed by atoms with Crippen molar-refractivity contribution in [3.05, 3.63) is 0 Å². The molecule has 1 saturated heterocycles. The highest BCUT2D eigenvalue weighted by molar-refractivity contribution is 5.89. The van der Waals surface area contributed by atoms with Crippen molar-refractivity contribution in [1.29, 1.82) is 0 Å². The van der Waals surface area contributed by atoms with E-state index >= 15 is 0 Å². The minimum Gasteiger partial charge on any atom is -0.480 e. The molecule has 0 saturated carbocycles. The first-order chi connectivity index (χ1) is 11.9. The van der Waals surface area contributed by atoms with Gasteiger partial charge in [-0.25, -0.2) is 4.79 Å². The van der Waals surface area contributed by atoms with E-state index in [-0.39, 0.29) is 11.7 Å². The number of nitrogens with zero attached hydrogens (tertiary/aromatic N) is 1. The van der Waals surface area contributed by atoms with Crippen molar-refractivity contribution in [1.82, 2.24) is 10.2 Å². The van der Waals surface area contributed by atoms with Crippen molar-refractivity contribution in [2.75, 3.05) is 20.1 Å². The Bertz CT molecular complexity index is 520. The van der Waals surface area contributed by atoms with Crippen LogP contribution in [0.4, 0.5) is 0 Å². The van der Waals surface area contributed by atoms with Gasteiger partial charge in [-0.1, -0.05) is 34.6 Å². The fourth-order valence-electron chi connectivity index (χ4n) is 3.97. The molecule has 0 radical (unpaired) electrons. The van der Waals surface area contributed by atoms with Gasteiger partial charge in [-0.15, -0.1) is 0 Å². The minimum atomic E-state index is -0.989. The molecule has 1 aliphatic rings. The normalized spacial score (nSPS) is 18.4. The molecule has 1 amide bonds. The standard InChI is InChI=1S/C20H36N2O4/c1-7-16(23)19(2,3)13-20(4,5)18(26)21-15(17(24)25)12-14-8-10-22(6)11-9-14/h14-15H,7-13H2,1-6H3,(H,21,26)(H,24,25). The van der Waals surface area contributed by atoms with Gasteiger partial charge in [-0.3, -0.25) is 9.59 Å². The van der Waals surface area contributed by atoms with E-state index in [0.717, 1.165) is 25.9 Å². The molecule has 1 rings (SSSR count). The van der Waals surface area contributed by atoms with Crippen LogP contribution in [0, 0.1) is 16.7 Å². The smallest absolute Gasteiger partial charge is 0.326 e. The molecular formula is C20H36N2O4. The summed E-state index contributed by atoms with van der Waals surface area (Å²) >= 11 is 0. The van der Waals surface area contributed by atoms with E-state index in [1.54, 1.807) is 13.8 Å². The van der Waals surface area contributed by atoms with Crippen LogP contribution < -0.4 is 5.32 Å². The molecule has 1 fully saturated rings. The van der Waals surface area contributed by atoms with Crippen molar-refractivity contribution < 1.29 is 19.5 Å². The fraction of sp³-hybridized carbons (Fsp3) is 0.850. The van der Waals surface area contributed by atoms with Gasteiger partial charge in [0, 0.05) is 17.3 Å². The molecule has 1 heterocycles. The summed E-state index contributed by atoms with van der Waals surface area (Å²) < 4.78 is 0. The van der Waals surface area contributed by atoms with Crippen LogP contribution in [-0.2, 0) is 14.4 Å². The first kappa shape index (κ1) is 22.6. The Morgan fingerprint density at radius 3 is 2.12 bits per heavy atom. The van der Waals surface area contributed by atoms with Gasteiger partial charge in [0.15, 0.2) is 0 Å². The predicted molar refractivity (Wildman–Crippen MR) is 102 cm³/mol. The van der Waals surface area contributed by atoms with Crippen LogP contribution >= 0.6 is 0 Å². The van der Waals surface area contributed by atoms with Gasteiger partial charge in [-0.05, 0) is 51.7 Å². The summed E-state index contributed by atoms with van der Waals surface area (Å²) in [5.41, 5.74) is -1.42. The zero-order valence-electron chi connectivity index (χ0n) is 17.2. The summed E-state index contributed by atoms with van der Waals surface area (Å²) in [7, 11) is 2.06. The van der Waals surface area contributed by atoms with Gasteiger partial charge in [-0.2, -0.15) is 0 Å². The largest absolute Gasteiger partial charge is 0.480 e. The van der Waals surface area contributed by atoms with Gasteiger partial charge in [0.1, 0.15) is 11.8 Å². The Labute approximate surface area is 157 Å². The molecule has 0 aliphatic carbocycles. The van der Waals surface area contributed by atoms with Crippen LogP contribution in [0.2, 0.25) is 0 Å². The monoisotopic (exact) mass is 368 g/mol. The maximum absolute atomic E-state index is 12.8. The van der Waals surface area contributed by atoms with E-state index in [4.69, 9.17) is 0 Å². The number of Topliss-reactive ketones (excluding diaryl/α,β-unsaturated/α-hetero) is 1. The van der Waals surface area contributed by atoms with Gasteiger partial charge in [0.2, 0.25) is 5.91 Å². The van der Waals surface area contributed by atoms with Crippen LogP contribution in [0.1, 0.15) is 66.7 Å². The molecule has 2 N–H and O–H groups in total. The number of ketones is 1. The Morgan fingerprint density at radius 2 is 1.65 bits per heavy atom.